The van der Waals surface area contributed by atoms with Gasteiger partial charge >= 0.3 is 0 Å². The minimum absolute atomic E-state index is 0.111. The molecule has 3 heteroatoms. The lowest BCUT2D eigenvalue weighted by molar-refractivity contribution is 0.812. The van der Waals surface area contributed by atoms with Crippen LogP contribution >= 0.6 is 38.5 Å². The molecule has 0 unspecified atom stereocenters. The summed E-state index contributed by atoms with van der Waals surface area (Å²) in [7, 11) is 0. The second-order valence-corrected chi connectivity index (χ2v) is 4.53. The molecule has 0 saturated heterocycles. The molecule has 0 aromatic heterocycles. The highest BCUT2D eigenvalue weighted by Crippen LogP contribution is 2.22. The molecule has 1 aromatic rings. The topological polar surface area (TPSA) is 26.0 Å². The molecule has 0 aliphatic carbocycles. The first-order valence-electron chi connectivity index (χ1n) is 3.32. The summed E-state index contributed by atoms with van der Waals surface area (Å²) in [6, 6.07) is 6.25. The number of halogens is 2. The van der Waals surface area contributed by atoms with Crippen LogP contribution in [0.5, 0.6) is 0 Å². The highest BCUT2D eigenvalue weighted by Gasteiger charge is 2.03. The Kier molecular flexibility index (Phi) is 3.33. The van der Waals surface area contributed by atoms with E-state index in [4.69, 9.17) is 5.73 Å². The van der Waals surface area contributed by atoms with E-state index in [2.05, 4.69) is 50.7 Å². The van der Waals surface area contributed by atoms with Crippen molar-refractivity contribution in [3.05, 3.63) is 31.8 Å². The zero-order valence-corrected chi connectivity index (χ0v) is 9.89. The molecular weight excluding hydrogens is 317 g/mol. The second kappa shape index (κ2) is 3.87. The van der Waals surface area contributed by atoms with Crippen LogP contribution in [-0.4, -0.2) is 0 Å². The molecule has 0 spiro atoms. The smallest absolute Gasteiger partial charge is 0.0277 e. The average molecular weight is 326 g/mol. The molecule has 60 valence electrons. The molecular formula is C8H9BrIN. The predicted octanol–water partition coefficient (Wildman–Crippen LogP) is 3.07. The van der Waals surface area contributed by atoms with Crippen LogP contribution in [0.2, 0.25) is 0 Å². The molecule has 0 aliphatic heterocycles. The third kappa shape index (κ3) is 2.42. The Morgan fingerprint density at radius 1 is 1.55 bits per heavy atom. The number of rotatable bonds is 1. The number of nitrogens with two attached hydrogens (primary N) is 1. The van der Waals surface area contributed by atoms with Gasteiger partial charge in [0.05, 0.1) is 0 Å². The van der Waals surface area contributed by atoms with Gasteiger partial charge in [-0.25, -0.2) is 0 Å². The lowest BCUT2D eigenvalue weighted by Gasteiger charge is -2.07. The average Bonchev–Trinajstić information content (AvgIpc) is 1.94. The minimum atomic E-state index is 0.111. The predicted molar refractivity (Wildman–Crippen MR) is 59.5 cm³/mol. The zero-order valence-electron chi connectivity index (χ0n) is 6.14. The normalized spacial score (nSPS) is 13.1. The van der Waals surface area contributed by atoms with Gasteiger partial charge in [-0.05, 0) is 53.3 Å². The fourth-order valence-electron chi connectivity index (χ4n) is 0.864. The van der Waals surface area contributed by atoms with E-state index in [0.29, 0.717) is 0 Å². The summed E-state index contributed by atoms with van der Waals surface area (Å²) in [5, 5.41) is 0. The van der Waals surface area contributed by atoms with Gasteiger partial charge < -0.3 is 5.73 Å². The van der Waals surface area contributed by atoms with Crippen LogP contribution in [0.4, 0.5) is 0 Å². The molecule has 0 radical (unpaired) electrons. The van der Waals surface area contributed by atoms with E-state index in [9.17, 15) is 0 Å². The zero-order chi connectivity index (χ0) is 8.43. The fourth-order valence-corrected chi connectivity index (χ4v) is 2.07. The van der Waals surface area contributed by atoms with Gasteiger partial charge in [-0.15, -0.1) is 0 Å². The van der Waals surface area contributed by atoms with E-state index in [1.54, 1.807) is 0 Å². The lowest BCUT2D eigenvalue weighted by Crippen LogP contribution is -2.06. The van der Waals surface area contributed by atoms with Crippen molar-refractivity contribution in [3.63, 3.8) is 0 Å². The maximum atomic E-state index is 5.76. The summed E-state index contributed by atoms with van der Waals surface area (Å²) in [4.78, 5) is 0. The minimum Gasteiger partial charge on any atom is -0.324 e. The van der Waals surface area contributed by atoms with E-state index in [0.717, 1.165) is 4.47 Å². The van der Waals surface area contributed by atoms with E-state index < -0.39 is 0 Å². The third-order valence-corrected chi connectivity index (χ3v) is 2.92. The molecule has 1 rings (SSSR count). The first kappa shape index (κ1) is 9.48. The van der Waals surface area contributed by atoms with Gasteiger partial charge in [-0.3, -0.25) is 0 Å². The monoisotopic (exact) mass is 325 g/mol. The van der Waals surface area contributed by atoms with Crippen molar-refractivity contribution in [2.45, 2.75) is 13.0 Å². The number of hydrogen-bond donors (Lipinski definition) is 1. The van der Waals surface area contributed by atoms with Crippen molar-refractivity contribution in [2.24, 2.45) is 5.73 Å². The summed E-state index contributed by atoms with van der Waals surface area (Å²) < 4.78 is 2.31. The molecule has 0 saturated carbocycles. The van der Waals surface area contributed by atoms with Crippen molar-refractivity contribution in [1.82, 2.24) is 0 Å². The van der Waals surface area contributed by atoms with Crippen molar-refractivity contribution in [2.75, 3.05) is 0 Å². The molecule has 0 aliphatic rings. The lowest BCUT2D eigenvalue weighted by atomic mass is 10.1. The van der Waals surface area contributed by atoms with Crippen LogP contribution < -0.4 is 5.73 Å². The second-order valence-electron chi connectivity index (χ2n) is 2.45. The maximum absolute atomic E-state index is 5.76. The van der Waals surface area contributed by atoms with E-state index in [1.165, 1.54) is 9.13 Å². The Morgan fingerprint density at radius 2 is 2.18 bits per heavy atom. The summed E-state index contributed by atoms with van der Waals surface area (Å²) in [5.74, 6) is 0. The highest BCUT2D eigenvalue weighted by molar-refractivity contribution is 14.1. The van der Waals surface area contributed by atoms with Gasteiger partial charge in [0, 0.05) is 14.1 Å². The Bertz CT molecular complexity index is 260. The van der Waals surface area contributed by atoms with Crippen LogP contribution in [-0.2, 0) is 0 Å². The van der Waals surface area contributed by atoms with Crippen molar-refractivity contribution in [3.8, 4) is 0 Å². The Balaban J connectivity index is 3.13. The quantitative estimate of drug-likeness (QED) is 0.789. The number of hydrogen-bond acceptors (Lipinski definition) is 1. The summed E-state index contributed by atoms with van der Waals surface area (Å²) >= 11 is 5.70. The summed E-state index contributed by atoms with van der Waals surface area (Å²) in [6.45, 7) is 1.99. The number of benzene rings is 1. The molecule has 0 fully saturated rings. The van der Waals surface area contributed by atoms with E-state index in [1.807, 2.05) is 13.0 Å². The van der Waals surface area contributed by atoms with Crippen LogP contribution in [0, 0.1) is 3.57 Å². The largest absolute Gasteiger partial charge is 0.324 e. The highest BCUT2D eigenvalue weighted by atomic mass is 127. The van der Waals surface area contributed by atoms with Gasteiger partial charge in [-0.2, -0.15) is 0 Å². The van der Waals surface area contributed by atoms with Crippen molar-refractivity contribution in [1.29, 1.82) is 0 Å². The first-order chi connectivity index (χ1) is 5.11. The van der Waals surface area contributed by atoms with Gasteiger partial charge in [0.15, 0.2) is 0 Å². The SMILES string of the molecule is C[C@H](N)c1cc(Br)ccc1I. The Morgan fingerprint density at radius 3 is 2.64 bits per heavy atom. The van der Waals surface area contributed by atoms with E-state index in [-0.39, 0.29) is 6.04 Å². The molecule has 11 heavy (non-hydrogen) atoms. The molecule has 0 amide bonds. The van der Waals surface area contributed by atoms with E-state index >= 15 is 0 Å². The molecule has 0 heterocycles. The third-order valence-electron chi connectivity index (χ3n) is 1.45. The Hall–Kier alpha value is 0.390. The van der Waals surface area contributed by atoms with Gasteiger partial charge in [-0.1, -0.05) is 15.9 Å². The van der Waals surface area contributed by atoms with Crippen LogP contribution in [0.15, 0.2) is 22.7 Å². The van der Waals surface area contributed by atoms with Crippen molar-refractivity contribution >= 4 is 38.5 Å². The summed E-state index contributed by atoms with van der Waals surface area (Å²) in [6.07, 6.45) is 0. The molecule has 1 aromatic carbocycles. The van der Waals surface area contributed by atoms with Gasteiger partial charge in [0.2, 0.25) is 0 Å². The van der Waals surface area contributed by atoms with Crippen LogP contribution in [0.3, 0.4) is 0 Å². The van der Waals surface area contributed by atoms with Crippen molar-refractivity contribution < 1.29 is 0 Å². The first-order valence-corrected chi connectivity index (χ1v) is 5.19. The molecule has 1 atom stereocenters. The molecule has 2 N–H and O–H groups in total. The fraction of sp³-hybridized carbons (Fsp3) is 0.250. The van der Waals surface area contributed by atoms with Crippen LogP contribution in [0.1, 0.15) is 18.5 Å². The van der Waals surface area contributed by atoms with Crippen LogP contribution in [0.25, 0.3) is 0 Å². The summed E-state index contributed by atoms with van der Waals surface area (Å²) in [5.41, 5.74) is 6.95. The Labute approximate surface area is 88.6 Å². The van der Waals surface area contributed by atoms with Gasteiger partial charge in [0.1, 0.15) is 0 Å². The molecule has 1 nitrogen and oxygen atoms in total. The maximum Gasteiger partial charge on any atom is 0.0277 e. The molecule has 0 bridgehead atoms. The van der Waals surface area contributed by atoms with Gasteiger partial charge in [0.25, 0.3) is 0 Å². The standard InChI is InChI=1S/C8H9BrIN/c1-5(11)7-4-6(9)2-3-8(7)10/h2-5H,11H2,1H3/t5-/m0/s1.